The van der Waals surface area contributed by atoms with E-state index in [1.807, 2.05) is 0 Å². The van der Waals surface area contributed by atoms with Crippen LogP contribution < -0.4 is 5.73 Å². The lowest BCUT2D eigenvalue weighted by molar-refractivity contribution is -0.501. The molecule has 0 aromatic heterocycles. The van der Waals surface area contributed by atoms with Crippen LogP contribution >= 0.6 is 0 Å². The van der Waals surface area contributed by atoms with Crippen molar-refractivity contribution in [1.82, 2.24) is 0 Å². The molecule has 0 heterocycles. The highest BCUT2D eigenvalue weighted by Gasteiger charge is 2.39. The van der Waals surface area contributed by atoms with Gasteiger partial charge in [0.15, 0.2) is 0 Å². The first-order valence-corrected chi connectivity index (χ1v) is 6.17. The van der Waals surface area contributed by atoms with Gasteiger partial charge in [0.05, 0.1) is 5.54 Å². The molecule has 76 valence electrons. The summed E-state index contributed by atoms with van der Waals surface area (Å²) in [6, 6.07) is 0. The highest BCUT2D eigenvalue weighted by Crippen LogP contribution is 2.38. The van der Waals surface area contributed by atoms with Crippen LogP contribution in [0.4, 0.5) is 0 Å². The zero-order valence-electron chi connectivity index (χ0n) is 8.86. The molecular formula is C12H24N+. The smallest absolute Gasteiger partial charge is 0.0974 e. The summed E-state index contributed by atoms with van der Waals surface area (Å²) in [5, 5.41) is 0. The van der Waals surface area contributed by atoms with Crippen molar-refractivity contribution in [2.24, 2.45) is 5.92 Å². The van der Waals surface area contributed by atoms with Crippen molar-refractivity contribution in [3.05, 3.63) is 0 Å². The Morgan fingerprint density at radius 1 is 0.769 bits per heavy atom. The number of quaternary nitrogens is 1. The zero-order valence-corrected chi connectivity index (χ0v) is 8.86. The largest absolute Gasteiger partial charge is 0.352 e. The minimum atomic E-state index is 0.499. The van der Waals surface area contributed by atoms with Gasteiger partial charge in [0.2, 0.25) is 0 Å². The molecule has 0 aromatic rings. The summed E-state index contributed by atoms with van der Waals surface area (Å²) in [4.78, 5) is 0. The van der Waals surface area contributed by atoms with Crippen LogP contribution in [-0.4, -0.2) is 5.54 Å². The first-order valence-electron chi connectivity index (χ1n) is 6.17. The van der Waals surface area contributed by atoms with Crippen LogP contribution in [0, 0.1) is 5.92 Å². The molecule has 2 aliphatic carbocycles. The zero-order chi connectivity index (χ0) is 9.15. The average molecular weight is 182 g/mol. The van der Waals surface area contributed by atoms with E-state index >= 15 is 0 Å². The van der Waals surface area contributed by atoms with Crippen molar-refractivity contribution in [3.8, 4) is 0 Å². The summed E-state index contributed by atoms with van der Waals surface area (Å²) in [6.07, 6.45) is 14.6. The van der Waals surface area contributed by atoms with Crippen LogP contribution in [0.15, 0.2) is 0 Å². The fourth-order valence-electron chi connectivity index (χ4n) is 3.38. The number of hydrogen-bond donors (Lipinski definition) is 1. The summed E-state index contributed by atoms with van der Waals surface area (Å²) in [5.41, 5.74) is 5.05. The van der Waals surface area contributed by atoms with Crippen LogP contribution in [0.1, 0.15) is 64.2 Å². The third-order valence-corrected chi connectivity index (χ3v) is 4.32. The van der Waals surface area contributed by atoms with Crippen molar-refractivity contribution >= 4 is 0 Å². The van der Waals surface area contributed by atoms with Crippen LogP contribution in [0.5, 0.6) is 0 Å². The minimum Gasteiger partial charge on any atom is -0.352 e. The van der Waals surface area contributed by atoms with Crippen molar-refractivity contribution in [2.45, 2.75) is 69.7 Å². The van der Waals surface area contributed by atoms with Crippen LogP contribution in [-0.2, 0) is 0 Å². The Balaban J connectivity index is 1.94. The lowest BCUT2D eigenvalue weighted by atomic mass is 9.68. The number of rotatable bonds is 1. The summed E-state index contributed by atoms with van der Waals surface area (Å²) < 4.78 is 0. The fourth-order valence-corrected chi connectivity index (χ4v) is 3.38. The summed E-state index contributed by atoms with van der Waals surface area (Å²) in [7, 11) is 0. The summed E-state index contributed by atoms with van der Waals surface area (Å²) >= 11 is 0. The van der Waals surface area contributed by atoms with Gasteiger partial charge in [-0.25, -0.2) is 0 Å². The Morgan fingerprint density at radius 2 is 1.31 bits per heavy atom. The van der Waals surface area contributed by atoms with E-state index in [0.29, 0.717) is 5.54 Å². The lowest BCUT2D eigenvalue weighted by Crippen LogP contribution is -2.76. The summed E-state index contributed by atoms with van der Waals surface area (Å²) in [5.74, 6) is 0.974. The molecule has 2 saturated carbocycles. The molecule has 13 heavy (non-hydrogen) atoms. The second-order valence-corrected chi connectivity index (χ2v) is 5.26. The maximum Gasteiger partial charge on any atom is 0.0974 e. The molecular weight excluding hydrogens is 158 g/mol. The maximum atomic E-state index is 4.55. The first-order chi connectivity index (χ1) is 6.31. The van der Waals surface area contributed by atoms with E-state index in [1.54, 1.807) is 0 Å². The number of hydrogen-bond acceptors (Lipinski definition) is 0. The Morgan fingerprint density at radius 3 is 1.92 bits per heavy atom. The van der Waals surface area contributed by atoms with Crippen LogP contribution in [0.2, 0.25) is 0 Å². The molecule has 0 atom stereocenters. The second kappa shape index (κ2) is 4.00. The molecule has 0 spiro atoms. The van der Waals surface area contributed by atoms with Gasteiger partial charge in [0.1, 0.15) is 0 Å². The average Bonchev–Trinajstić information content (AvgIpc) is 2.20. The normalized spacial score (nSPS) is 30.2. The Labute approximate surface area is 82.1 Å². The highest BCUT2D eigenvalue weighted by atomic mass is 14.8. The molecule has 2 aliphatic rings. The molecule has 0 bridgehead atoms. The predicted octanol–water partition coefficient (Wildman–Crippen LogP) is 2.51. The first kappa shape index (κ1) is 9.51. The lowest BCUT2D eigenvalue weighted by Gasteiger charge is -2.39. The highest BCUT2D eigenvalue weighted by molar-refractivity contribution is 4.88. The van der Waals surface area contributed by atoms with Gasteiger partial charge in [0, 0.05) is 18.8 Å². The molecule has 2 fully saturated rings. The van der Waals surface area contributed by atoms with Crippen molar-refractivity contribution < 1.29 is 5.73 Å². The van der Waals surface area contributed by atoms with Gasteiger partial charge in [-0.1, -0.05) is 25.7 Å². The molecule has 0 amide bonds. The van der Waals surface area contributed by atoms with Crippen molar-refractivity contribution in [2.75, 3.05) is 0 Å². The van der Waals surface area contributed by atoms with E-state index in [1.165, 1.54) is 64.2 Å². The molecule has 0 unspecified atom stereocenters. The second-order valence-electron chi connectivity index (χ2n) is 5.26. The Bertz CT molecular complexity index is 153. The minimum absolute atomic E-state index is 0.499. The molecule has 0 saturated heterocycles. The monoisotopic (exact) mass is 182 g/mol. The van der Waals surface area contributed by atoms with Gasteiger partial charge in [-0.3, -0.25) is 0 Å². The molecule has 1 heteroatoms. The topological polar surface area (TPSA) is 27.6 Å². The quantitative estimate of drug-likeness (QED) is 0.645. The molecule has 1 nitrogen and oxygen atoms in total. The van der Waals surface area contributed by atoms with Gasteiger partial charge in [-0.05, 0) is 25.7 Å². The Hall–Kier alpha value is -0.0400. The van der Waals surface area contributed by atoms with E-state index in [-0.39, 0.29) is 0 Å². The predicted molar refractivity (Wildman–Crippen MR) is 55.3 cm³/mol. The van der Waals surface area contributed by atoms with E-state index in [0.717, 1.165) is 5.92 Å². The van der Waals surface area contributed by atoms with Gasteiger partial charge in [-0.15, -0.1) is 0 Å². The van der Waals surface area contributed by atoms with Crippen LogP contribution in [0.3, 0.4) is 0 Å². The van der Waals surface area contributed by atoms with Crippen LogP contribution in [0.25, 0.3) is 0 Å². The van der Waals surface area contributed by atoms with E-state index in [4.69, 9.17) is 0 Å². The third kappa shape index (κ3) is 2.07. The fraction of sp³-hybridized carbons (Fsp3) is 1.00. The summed E-state index contributed by atoms with van der Waals surface area (Å²) in [6.45, 7) is 0. The molecule has 0 radical (unpaired) electrons. The van der Waals surface area contributed by atoms with E-state index in [2.05, 4.69) is 5.73 Å². The molecule has 0 aromatic carbocycles. The SMILES string of the molecule is [NH3+]C1(C2CCCCC2)CCCCC1. The van der Waals surface area contributed by atoms with Gasteiger partial charge in [0.25, 0.3) is 0 Å². The van der Waals surface area contributed by atoms with Crippen molar-refractivity contribution in [1.29, 1.82) is 0 Å². The van der Waals surface area contributed by atoms with Gasteiger partial charge < -0.3 is 5.73 Å². The van der Waals surface area contributed by atoms with Crippen molar-refractivity contribution in [3.63, 3.8) is 0 Å². The molecule has 0 aliphatic heterocycles. The van der Waals surface area contributed by atoms with E-state index in [9.17, 15) is 0 Å². The van der Waals surface area contributed by atoms with Gasteiger partial charge in [-0.2, -0.15) is 0 Å². The molecule has 3 N–H and O–H groups in total. The maximum absolute atomic E-state index is 4.55. The Kier molecular flexibility index (Phi) is 2.92. The van der Waals surface area contributed by atoms with Gasteiger partial charge >= 0.3 is 0 Å². The van der Waals surface area contributed by atoms with E-state index < -0.39 is 0 Å². The molecule has 2 rings (SSSR count). The standard InChI is InChI=1S/C12H23N/c13-12(9-5-2-6-10-12)11-7-3-1-4-8-11/h11H,1-10,13H2/p+1. The third-order valence-electron chi connectivity index (χ3n) is 4.32.